The van der Waals surface area contributed by atoms with Crippen LogP contribution in [0.5, 0.6) is 5.75 Å². The van der Waals surface area contributed by atoms with Crippen LogP contribution in [-0.4, -0.2) is 12.1 Å². The first kappa shape index (κ1) is 14.2. The van der Waals surface area contributed by atoms with Gasteiger partial charge in [0.05, 0.1) is 0 Å². The molecule has 0 saturated carbocycles. The Morgan fingerprint density at radius 1 is 1.10 bits per heavy atom. The highest BCUT2D eigenvalue weighted by molar-refractivity contribution is 5.66. The van der Waals surface area contributed by atoms with Crippen LogP contribution in [0.3, 0.4) is 0 Å². The second-order valence-corrected chi connectivity index (χ2v) is 6.19. The number of ether oxygens (including phenoxy) is 1. The lowest BCUT2D eigenvalue weighted by atomic mass is 10.00. The van der Waals surface area contributed by atoms with E-state index in [1.54, 1.807) is 0 Å². The number of hydrogen-bond donors (Lipinski definition) is 1. The summed E-state index contributed by atoms with van der Waals surface area (Å²) in [5.74, 6) is 1.05. The molecule has 2 heteroatoms. The van der Waals surface area contributed by atoms with Crippen LogP contribution in [0.4, 0.5) is 0 Å². The average Bonchev–Trinajstić information content (AvgIpc) is 2.84. The van der Waals surface area contributed by atoms with E-state index >= 15 is 0 Å². The number of hydrogen-bond acceptors (Lipinski definition) is 2. The van der Waals surface area contributed by atoms with E-state index in [4.69, 9.17) is 4.74 Å². The highest BCUT2D eigenvalue weighted by Crippen LogP contribution is 2.32. The van der Waals surface area contributed by atoms with Crippen LogP contribution in [0, 0.1) is 0 Å². The molecule has 2 aromatic rings. The smallest absolute Gasteiger partial charge is 0.123 e. The SMILES string of the molecule is CC(C)NCc1ccc(-c2ccc3c(c2)CC(C)O3)cc1. The van der Waals surface area contributed by atoms with Crippen molar-refractivity contribution in [2.75, 3.05) is 0 Å². The topological polar surface area (TPSA) is 21.3 Å². The lowest BCUT2D eigenvalue weighted by Gasteiger charge is -2.09. The van der Waals surface area contributed by atoms with Crippen molar-refractivity contribution in [1.29, 1.82) is 0 Å². The first-order valence-corrected chi connectivity index (χ1v) is 7.74. The van der Waals surface area contributed by atoms with Gasteiger partial charge < -0.3 is 10.1 Å². The standard InChI is InChI=1S/C19H23NO/c1-13(2)20-12-15-4-6-16(7-5-15)17-8-9-19-18(11-17)10-14(3)21-19/h4-9,11,13-14,20H,10,12H2,1-3H3. The fourth-order valence-corrected chi connectivity index (χ4v) is 2.74. The molecule has 0 aliphatic carbocycles. The van der Waals surface area contributed by atoms with Gasteiger partial charge in [0.15, 0.2) is 0 Å². The molecule has 0 aromatic heterocycles. The summed E-state index contributed by atoms with van der Waals surface area (Å²) in [6.45, 7) is 7.38. The van der Waals surface area contributed by atoms with Crippen molar-refractivity contribution in [2.24, 2.45) is 0 Å². The molecule has 21 heavy (non-hydrogen) atoms. The maximum Gasteiger partial charge on any atom is 0.123 e. The zero-order valence-corrected chi connectivity index (χ0v) is 13.0. The summed E-state index contributed by atoms with van der Waals surface area (Å²) in [6, 6.07) is 15.9. The molecular formula is C19H23NO. The van der Waals surface area contributed by atoms with E-state index in [1.165, 1.54) is 22.3 Å². The third-order valence-electron chi connectivity index (χ3n) is 3.90. The molecule has 0 spiro atoms. The summed E-state index contributed by atoms with van der Waals surface area (Å²) >= 11 is 0. The fourth-order valence-electron chi connectivity index (χ4n) is 2.74. The van der Waals surface area contributed by atoms with Gasteiger partial charge in [-0.3, -0.25) is 0 Å². The van der Waals surface area contributed by atoms with E-state index in [0.29, 0.717) is 12.1 Å². The van der Waals surface area contributed by atoms with E-state index in [2.05, 4.69) is 68.6 Å². The monoisotopic (exact) mass is 281 g/mol. The normalized spacial score (nSPS) is 16.9. The minimum atomic E-state index is 0.305. The van der Waals surface area contributed by atoms with Crippen molar-refractivity contribution in [2.45, 2.75) is 45.9 Å². The Labute approximate surface area is 127 Å². The molecule has 0 radical (unpaired) electrons. The van der Waals surface area contributed by atoms with E-state index < -0.39 is 0 Å². The first-order valence-electron chi connectivity index (χ1n) is 7.74. The van der Waals surface area contributed by atoms with Crippen LogP contribution in [-0.2, 0) is 13.0 Å². The second kappa shape index (κ2) is 5.90. The number of nitrogens with one attached hydrogen (secondary N) is 1. The van der Waals surface area contributed by atoms with Gasteiger partial charge in [-0.2, -0.15) is 0 Å². The zero-order chi connectivity index (χ0) is 14.8. The van der Waals surface area contributed by atoms with Gasteiger partial charge in [-0.25, -0.2) is 0 Å². The Morgan fingerprint density at radius 3 is 2.52 bits per heavy atom. The number of rotatable bonds is 4. The van der Waals surface area contributed by atoms with Crippen molar-refractivity contribution in [3.63, 3.8) is 0 Å². The van der Waals surface area contributed by atoms with Crippen molar-refractivity contribution in [1.82, 2.24) is 5.32 Å². The van der Waals surface area contributed by atoms with Crippen LogP contribution < -0.4 is 10.1 Å². The maximum absolute atomic E-state index is 5.76. The zero-order valence-electron chi connectivity index (χ0n) is 13.0. The first-order chi connectivity index (χ1) is 10.1. The van der Waals surface area contributed by atoms with Crippen molar-refractivity contribution >= 4 is 0 Å². The van der Waals surface area contributed by atoms with Gasteiger partial charge in [-0.1, -0.05) is 44.2 Å². The molecule has 0 saturated heterocycles. The molecule has 1 aliphatic rings. The minimum Gasteiger partial charge on any atom is -0.490 e. The predicted molar refractivity (Wildman–Crippen MR) is 87.6 cm³/mol. The fraction of sp³-hybridized carbons (Fsp3) is 0.368. The van der Waals surface area contributed by atoms with Crippen molar-refractivity contribution in [3.05, 3.63) is 53.6 Å². The summed E-state index contributed by atoms with van der Waals surface area (Å²) in [5, 5.41) is 3.44. The Morgan fingerprint density at radius 2 is 1.81 bits per heavy atom. The summed E-state index contributed by atoms with van der Waals surface area (Å²) in [7, 11) is 0. The molecule has 110 valence electrons. The number of benzene rings is 2. The lowest BCUT2D eigenvalue weighted by molar-refractivity contribution is 0.254. The van der Waals surface area contributed by atoms with Crippen LogP contribution in [0.2, 0.25) is 0 Å². The number of fused-ring (bicyclic) bond motifs is 1. The highest BCUT2D eigenvalue weighted by Gasteiger charge is 2.19. The predicted octanol–water partition coefficient (Wildman–Crippen LogP) is 4.18. The Balaban J connectivity index is 1.77. The largest absolute Gasteiger partial charge is 0.490 e. The molecule has 1 unspecified atom stereocenters. The molecule has 0 amide bonds. The summed E-state index contributed by atoms with van der Waals surface area (Å²) in [4.78, 5) is 0. The van der Waals surface area contributed by atoms with Gasteiger partial charge in [0.2, 0.25) is 0 Å². The molecule has 3 rings (SSSR count). The second-order valence-electron chi connectivity index (χ2n) is 6.19. The van der Waals surface area contributed by atoms with Crippen molar-refractivity contribution in [3.8, 4) is 16.9 Å². The molecule has 1 heterocycles. The molecule has 0 fully saturated rings. The Kier molecular flexibility index (Phi) is 3.98. The summed E-state index contributed by atoms with van der Waals surface area (Å²) in [6.07, 6.45) is 1.32. The third-order valence-corrected chi connectivity index (χ3v) is 3.90. The van der Waals surface area contributed by atoms with E-state index in [0.717, 1.165) is 18.7 Å². The molecular weight excluding hydrogens is 258 g/mol. The van der Waals surface area contributed by atoms with Crippen molar-refractivity contribution < 1.29 is 4.74 Å². The van der Waals surface area contributed by atoms with E-state index in [9.17, 15) is 0 Å². The maximum atomic E-state index is 5.76. The lowest BCUT2D eigenvalue weighted by Crippen LogP contribution is -2.21. The van der Waals surface area contributed by atoms with Crippen LogP contribution in [0.15, 0.2) is 42.5 Å². The van der Waals surface area contributed by atoms with E-state index in [1.807, 2.05) is 0 Å². The summed E-state index contributed by atoms with van der Waals surface area (Å²) in [5.41, 5.74) is 5.19. The minimum absolute atomic E-state index is 0.305. The van der Waals surface area contributed by atoms with Crippen LogP contribution in [0.25, 0.3) is 11.1 Å². The summed E-state index contributed by atoms with van der Waals surface area (Å²) < 4.78 is 5.76. The van der Waals surface area contributed by atoms with Crippen LogP contribution >= 0.6 is 0 Å². The van der Waals surface area contributed by atoms with Gasteiger partial charge in [-0.05, 0) is 41.3 Å². The average molecular weight is 281 g/mol. The Bertz CT molecular complexity index is 616. The quantitative estimate of drug-likeness (QED) is 0.908. The Hall–Kier alpha value is -1.80. The van der Waals surface area contributed by atoms with Gasteiger partial charge in [0.1, 0.15) is 11.9 Å². The van der Waals surface area contributed by atoms with Crippen LogP contribution in [0.1, 0.15) is 31.9 Å². The molecule has 1 atom stereocenters. The molecule has 0 bridgehead atoms. The third kappa shape index (κ3) is 3.27. The molecule has 1 N–H and O–H groups in total. The van der Waals surface area contributed by atoms with Gasteiger partial charge >= 0.3 is 0 Å². The highest BCUT2D eigenvalue weighted by atomic mass is 16.5. The van der Waals surface area contributed by atoms with Gasteiger partial charge in [-0.15, -0.1) is 0 Å². The van der Waals surface area contributed by atoms with E-state index in [-0.39, 0.29) is 0 Å². The molecule has 2 aromatic carbocycles. The molecule has 2 nitrogen and oxygen atoms in total. The van der Waals surface area contributed by atoms with Gasteiger partial charge in [0.25, 0.3) is 0 Å². The van der Waals surface area contributed by atoms with Gasteiger partial charge in [0, 0.05) is 19.0 Å². The molecule has 1 aliphatic heterocycles.